The third-order valence-corrected chi connectivity index (χ3v) is 3.63. The smallest absolute Gasteiger partial charge is 0.326 e. The molecule has 17 heavy (non-hydrogen) atoms. The summed E-state index contributed by atoms with van der Waals surface area (Å²) in [6, 6.07) is -0.483. The fraction of sp³-hybridized carbons (Fsp3) is 0.833. The van der Waals surface area contributed by atoms with Gasteiger partial charge in [0.1, 0.15) is 6.04 Å². The van der Waals surface area contributed by atoms with Gasteiger partial charge in [-0.15, -0.1) is 0 Å². The van der Waals surface area contributed by atoms with Crippen LogP contribution in [-0.2, 0) is 4.79 Å². The van der Waals surface area contributed by atoms with Crippen molar-refractivity contribution in [1.82, 2.24) is 10.2 Å². The minimum Gasteiger partial charge on any atom is -0.326 e. The van der Waals surface area contributed by atoms with E-state index in [2.05, 4.69) is 5.32 Å². The van der Waals surface area contributed by atoms with Crippen molar-refractivity contribution in [2.75, 3.05) is 19.8 Å². The van der Waals surface area contributed by atoms with Crippen molar-refractivity contribution in [2.24, 2.45) is 0 Å². The molecule has 0 spiro atoms. The summed E-state index contributed by atoms with van der Waals surface area (Å²) >= 11 is 0. The first-order valence-electron chi connectivity index (χ1n) is 6.68. The number of hydrogen-bond donors (Lipinski definition) is 2. The highest BCUT2D eigenvalue weighted by Crippen LogP contribution is 2.09. The van der Waals surface area contributed by atoms with Gasteiger partial charge in [-0.2, -0.15) is 0 Å². The van der Waals surface area contributed by atoms with Gasteiger partial charge in [0.2, 0.25) is 0 Å². The second-order valence-corrected chi connectivity index (χ2v) is 5.03. The Morgan fingerprint density at radius 3 is 2.65 bits per heavy atom. The van der Waals surface area contributed by atoms with Gasteiger partial charge >= 0.3 is 6.03 Å². The third-order valence-electron chi connectivity index (χ3n) is 3.63. The van der Waals surface area contributed by atoms with Gasteiger partial charge in [-0.05, 0) is 25.7 Å². The summed E-state index contributed by atoms with van der Waals surface area (Å²) in [7, 11) is 0. The molecule has 0 aromatic carbocycles. The van der Waals surface area contributed by atoms with Crippen LogP contribution >= 0.6 is 0 Å². The van der Waals surface area contributed by atoms with Crippen LogP contribution in [0.5, 0.6) is 0 Å². The molecule has 2 N–H and O–H groups in total. The summed E-state index contributed by atoms with van der Waals surface area (Å²) in [5.74, 6) is -0.0325. The second-order valence-electron chi connectivity index (χ2n) is 5.03. The van der Waals surface area contributed by atoms with Crippen molar-refractivity contribution in [3.63, 3.8) is 0 Å². The fourth-order valence-corrected chi connectivity index (χ4v) is 2.64. The van der Waals surface area contributed by atoms with Gasteiger partial charge in [-0.3, -0.25) is 4.79 Å². The number of rotatable bonds is 4. The number of urea groups is 1. The Balaban J connectivity index is 1.91. The molecular weight excluding hydrogens is 218 g/mol. The molecule has 2 heterocycles. The average Bonchev–Trinajstić information content (AvgIpc) is 2.59. The van der Waals surface area contributed by atoms with E-state index in [0.717, 1.165) is 25.9 Å². The Morgan fingerprint density at radius 1 is 1.29 bits per heavy atom. The van der Waals surface area contributed by atoms with Crippen LogP contribution in [0.4, 0.5) is 4.79 Å². The monoisotopic (exact) mass is 240 g/mol. The van der Waals surface area contributed by atoms with Crippen molar-refractivity contribution in [1.29, 1.82) is 0 Å². The molecule has 96 valence electrons. The maximum atomic E-state index is 12.0. The molecule has 2 aliphatic rings. The molecule has 0 aliphatic carbocycles. The molecule has 0 aromatic heterocycles. The van der Waals surface area contributed by atoms with E-state index in [1.165, 1.54) is 29.1 Å². The van der Waals surface area contributed by atoms with Crippen LogP contribution in [0.15, 0.2) is 0 Å². The normalized spacial score (nSPS) is 26.4. The molecule has 5 nitrogen and oxygen atoms in total. The molecule has 2 aliphatic heterocycles. The largest absolute Gasteiger partial charge is 0.329 e. The van der Waals surface area contributed by atoms with E-state index >= 15 is 0 Å². The predicted octanol–water partition coefficient (Wildman–Crippen LogP) is -0.267. The van der Waals surface area contributed by atoms with Crippen molar-refractivity contribution in [2.45, 2.75) is 45.1 Å². The Bertz CT molecular complexity index is 300. The lowest BCUT2D eigenvalue weighted by atomic mass is 10.1. The number of likely N-dealkylation sites (tertiary alicyclic amines) is 1. The van der Waals surface area contributed by atoms with Crippen LogP contribution in [0.25, 0.3) is 0 Å². The van der Waals surface area contributed by atoms with E-state index in [1.807, 2.05) is 6.92 Å². The van der Waals surface area contributed by atoms with E-state index in [4.69, 9.17) is 0 Å². The minimum atomic E-state index is -0.281. The predicted molar refractivity (Wildman–Crippen MR) is 63.5 cm³/mol. The first-order chi connectivity index (χ1) is 8.22. The molecule has 3 amide bonds. The summed E-state index contributed by atoms with van der Waals surface area (Å²) in [6.45, 7) is 4.73. The third kappa shape index (κ3) is 2.77. The molecule has 0 unspecified atom stereocenters. The van der Waals surface area contributed by atoms with Crippen LogP contribution in [-0.4, -0.2) is 42.6 Å². The molecular formula is C12H22N3O2+. The van der Waals surface area contributed by atoms with Crippen LogP contribution in [0.1, 0.15) is 39.0 Å². The molecule has 2 saturated heterocycles. The summed E-state index contributed by atoms with van der Waals surface area (Å²) in [4.78, 5) is 26.5. The zero-order chi connectivity index (χ0) is 12.3. The Morgan fingerprint density at radius 2 is 2.00 bits per heavy atom. The molecule has 2 rings (SSSR count). The fourth-order valence-electron chi connectivity index (χ4n) is 2.64. The van der Waals surface area contributed by atoms with Crippen molar-refractivity contribution >= 4 is 11.9 Å². The lowest BCUT2D eigenvalue weighted by Gasteiger charge is -2.26. The quantitative estimate of drug-likeness (QED) is 0.665. The number of carbonyl (C=O) groups excluding carboxylic acids is 2. The van der Waals surface area contributed by atoms with Crippen LogP contribution in [0.3, 0.4) is 0 Å². The van der Waals surface area contributed by atoms with Crippen molar-refractivity contribution in [3.05, 3.63) is 0 Å². The van der Waals surface area contributed by atoms with Gasteiger partial charge in [0.25, 0.3) is 5.91 Å². The summed E-state index contributed by atoms with van der Waals surface area (Å²) < 4.78 is 0. The highest BCUT2D eigenvalue weighted by atomic mass is 16.2. The number of nitrogens with one attached hydrogen (secondary N) is 2. The average molecular weight is 240 g/mol. The zero-order valence-corrected chi connectivity index (χ0v) is 10.5. The number of nitrogens with zero attached hydrogens (tertiary/aromatic N) is 1. The maximum Gasteiger partial charge on any atom is 0.329 e. The summed E-state index contributed by atoms with van der Waals surface area (Å²) in [6.07, 6.45) is 5.36. The van der Waals surface area contributed by atoms with Gasteiger partial charge in [0, 0.05) is 0 Å². The second kappa shape index (κ2) is 5.49. The molecule has 0 saturated carbocycles. The molecule has 2 fully saturated rings. The number of carbonyl (C=O) groups is 2. The molecule has 0 radical (unpaired) electrons. The first-order valence-corrected chi connectivity index (χ1v) is 6.68. The zero-order valence-electron chi connectivity index (χ0n) is 10.5. The topological polar surface area (TPSA) is 53.9 Å². The van der Waals surface area contributed by atoms with Gasteiger partial charge in [-0.1, -0.05) is 13.3 Å². The van der Waals surface area contributed by atoms with Gasteiger partial charge < -0.3 is 10.2 Å². The maximum absolute atomic E-state index is 12.0. The van der Waals surface area contributed by atoms with Crippen molar-refractivity contribution in [3.8, 4) is 0 Å². The van der Waals surface area contributed by atoms with E-state index < -0.39 is 0 Å². The molecule has 1 atom stereocenters. The number of amides is 3. The lowest BCUT2D eigenvalue weighted by Crippen LogP contribution is -3.14. The number of piperidine rings is 1. The Hall–Kier alpha value is -1.10. The minimum absolute atomic E-state index is 0.0325. The van der Waals surface area contributed by atoms with Gasteiger partial charge in [0.05, 0.1) is 13.1 Å². The highest BCUT2D eigenvalue weighted by molar-refractivity contribution is 6.03. The van der Waals surface area contributed by atoms with Crippen LogP contribution in [0, 0.1) is 0 Å². The van der Waals surface area contributed by atoms with E-state index in [-0.39, 0.29) is 18.0 Å². The SMILES string of the molecule is CCC[C@@H]1NC(=O)N(C[NH+]2CCCCC2)C1=O. The van der Waals surface area contributed by atoms with E-state index in [9.17, 15) is 9.59 Å². The Labute approximate surface area is 102 Å². The van der Waals surface area contributed by atoms with Crippen LogP contribution in [0.2, 0.25) is 0 Å². The van der Waals surface area contributed by atoms with E-state index in [1.54, 1.807) is 0 Å². The number of imide groups is 1. The van der Waals surface area contributed by atoms with Crippen LogP contribution < -0.4 is 10.2 Å². The molecule has 5 heteroatoms. The summed E-state index contributed by atoms with van der Waals surface area (Å²) in [5.41, 5.74) is 0. The molecule has 0 bridgehead atoms. The lowest BCUT2D eigenvalue weighted by molar-refractivity contribution is -0.912. The van der Waals surface area contributed by atoms with Gasteiger partial charge in [0.15, 0.2) is 6.67 Å². The van der Waals surface area contributed by atoms with Crippen molar-refractivity contribution < 1.29 is 14.5 Å². The van der Waals surface area contributed by atoms with E-state index in [0.29, 0.717) is 6.67 Å². The number of hydrogen-bond acceptors (Lipinski definition) is 2. The molecule has 0 aromatic rings. The Kier molecular flexibility index (Phi) is 3.99. The highest BCUT2D eigenvalue weighted by Gasteiger charge is 2.39. The van der Waals surface area contributed by atoms with Gasteiger partial charge in [-0.25, -0.2) is 9.69 Å². The summed E-state index contributed by atoms with van der Waals surface area (Å²) in [5, 5.41) is 2.77. The first kappa shape index (κ1) is 12.4. The standard InChI is InChI=1S/C12H21N3O2/c1-2-6-10-11(16)15(12(17)13-10)9-14-7-4-3-5-8-14/h10H,2-9H2,1H3,(H,13,17)/p+1/t10-/m0/s1. The number of quaternary nitrogens is 1.